The Morgan fingerprint density at radius 2 is 1.88 bits per heavy atom. The Morgan fingerprint density at radius 1 is 1.18 bits per heavy atom. The van der Waals surface area contributed by atoms with Crippen LogP contribution in [0.3, 0.4) is 0 Å². The van der Waals surface area contributed by atoms with E-state index in [-0.39, 0.29) is 0 Å². The largest absolute Gasteiger partial charge is 0.316 e. The maximum atomic E-state index is 3.65. The van der Waals surface area contributed by atoms with Gasteiger partial charge in [0, 0.05) is 12.0 Å². The molecule has 1 fully saturated rings. The van der Waals surface area contributed by atoms with E-state index >= 15 is 0 Å². The van der Waals surface area contributed by atoms with Crippen LogP contribution in [0.2, 0.25) is 0 Å². The van der Waals surface area contributed by atoms with Crippen LogP contribution < -0.4 is 5.32 Å². The van der Waals surface area contributed by atoms with Crippen LogP contribution in [0.1, 0.15) is 45.1 Å². The predicted octanol–water partition coefficient (Wildman–Crippen LogP) is 3.74. The number of hydrogen-bond acceptors (Lipinski definition) is 1. The second kappa shape index (κ2) is 5.68. The highest BCUT2D eigenvalue weighted by atomic mass is 14.9. The van der Waals surface area contributed by atoms with E-state index < -0.39 is 0 Å². The highest BCUT2D eigenvalue weighted by Crippen LogP contribution is 2.49. The van der Waals surface area contributed by atoms with Crippen molar-refractivity contribution in [2.75, 3.05) is 13.1 Å². The standard InChI is InChI=1S/C16H25N/c1-3-12-17-13-16(4-2,15-10-11-15)14-8-6-5-7-9-14/h5-9,15,17H,3-4,10-13H2,1-2H3. The van der Waals surface area contributed by atoms with E-state index in [4.69, 9.17) is 0 Å². The molecule has 2 rings (SSSR count). The van der Waals surface area contributed by atoms with Crippen molar-refractivity contribution >= 4 is 0 Å². The van der Waals surface area contributed by atoms with Gasteiger partial charge in [-0.1, -0.05) is 44.2 Å². The predicted molar refractivity (Wildman–Crippen MR) is 74.3 cm³/mol. The fourth-order valence-corrected chi connectivity index (χ4v) is 2.99. The molecule has 1 nitrogen and oxygen atoms in total. The van der Waals surface area contributed by atoms with Gasteiger partial charge in [0.25, 0.3) is 0 Å². The van der Waals surface area contributed by atoms with Crippen molar-refractivity contribution in [2.24, 2.45) is 5.92 Å². The summed E-state index contributed by atoms with van der Waals surface area (Å²) in [6.07, 6.45) is 5.30. The number of hydrogen-bond donors (Lipinski definition) is 1. The molecule has 1 aromatic carbocycles. The van der Waals surface area contributed by atoms with E-state index in [2.05, 4.69) is 49.5 Å². The van der Waals surface area contributed by atoms with Gasteiger partial charge in [0.05, 0.1) is 0 Å². The molecule has 1 N–H and O–H groups in total. The molecular formula is C16H25N. The van der Waals surface area contributed by atoms with E-state index in [0.29, 0.717) is 5.41 Å². The van der Waals surface area contributed by atoms with Crippen LogP contribution in [-0.4, -0.2) is 13.1 Å². The van der Waals surface area contributed by atoms with Gasteiger partial charge in [-0.05, 0) is 43.7 Å². The highest BCUT2D eigenvalue weighted by molar-refractivity contribution is 5.29. The molecule has 1 aliphatic carbocycles. The summed E-state index contributed by atoms with van der Waals surface area (Å²) in [7, 11) is 0. The van der Waals surface area contributed by atoms with Gasteiger partial charge in [-0.15, -0.1) is 0 Å². The van der Waals surface area contributed by atoms with Crippen molar-refractivity contribution in [3.05, 3.63) is 35.9 Å². The minimum absolute atomic E-state index is 0.385. The Hall–Kier alpha value is -0.820. The van der Waals surface area contributed by atoms with Crippen molar-refractivity contribution in [1.29, 1.82) is 0 Å². The lowest BCUT2D eigenvalue weighted by molar-refractivity contribution is 0.334. The Balaban J connectivity index is 2.17. The van der Waals surface area contributed by atoms with Gasteiger partial charge >= 0.3 is 0 Å². The molecule has 1 heteroatoms. The van der Waals surface area contributed by atoms with Gasteiger partial charge < -0.3 is 5.32 Å². The zero-order valence-corrected chi connectivity index (χ0v) is 11.2. The van der Waals surface area contributed by atoms with E-state index in [1.54, 1.807) is 0 Å². The molecule has 1 aromatic rings. The Bertz CT molecular complexity index is 329. The fourth-order valence-electron chi connectivity index (χ4n) is 2.99. The third-order valence-corrected chi connectivity index (χ3v) is 4.21. The molecule has 0 amide bonds. The van der Waals surface area contributed by atoms with Gasteiger partial charge in [0.1, 0.15) is 0 Å². The molecule has 1 unspecified atom stereocenters. The molecule has 0 saturated heterocycles. The van der Waals surface area contributed by atoms with Crippen molar-refractivity contribution in [1.82, 2.24) is 5.32 Å². The molecule has 0 aromatic heterocycles. The minimum atomic E-state index is 0.385. The molecule has 17 heavy (non-hydrogen) atoms. The van der Waals surface area contributed by atoms with Crippen molar-refractivity contribution in [3.63, 3.8) is 0 Å². The van der Waals surface area contributed by atoms with E-state index in [9.17, 15) is 0 Å². The summed E-state index contributed by atoms with van der Waals surface area (Å²) in [5.41, 5.74) is 1.92. The molecule has 0 spiro atoms. The number of rotatable bonds is 7. The molecule has 94 valence electrons. The summed E-state index contributed by atoms with van der Waals surface area (Å²) in [6, 6.07) is 11.1. The first-order valence-corrected chi connectivity index (χ1v) is 7.09. The maximum Gasteiger partial charge on any atom is 0.0103 e. The Morgan fingerprint density at radius 3 is 2.41 bits per heavy atom. The maximum absolute atomic E-state index is 3.65. The molecule has 1 atom stereocenters. The second-order valence-electron chi connectivity index (χ2n) is 5.33. The summed E-state index contributed by atoms with van der Waals surface area (Å²) in [4.78, 5) is 0. The molecule has 0 aliphatic heterocycles. The third-order valence-electron chi connectivity index (χ3n) is 4.21. The lowest BCUT2D eigenvalue weighted by atomic mass is 9.73. The van der Waals surface area contributed by atoms with Gasteiger partial charge in [-0.25, -0.2) is 0 Å². The summed E-state index contributed by atoms with van der Waals surface area (Å²) in [5.74, 6) is 0.902. The lowest BCUT2D eigenvalue weighted by Gasteiger charge is -2.34. The van der Waals surface area contributed by atoms with Crippen LogP contribution in [0, 0.1) is 5.92 Å². The molecule has 0 heterocycles. The van der Waals surface area contributed by atoms with E-state index in [1.165, 1.54) is 31.2 Å². The van der Waals surface area contributed by atoms with Crippen LogP contribution in [0.25, 0.3) is 0 Å². The zero-order valence-electron chi connectivity index (χ0n) is 11.2. The highest BCUT2D eigenvalue weighted by Gasteiger charge is 2.44. The summed E-state index contributed by atoms with van der Waals surface area (Å²) in [5, 5.41) is 3.65. The van der Waals surface area contributed by atoms with Crippen molar-refractivity contribution in [2.45, 2.75) is 44.9 Å². The van der Waals surface area contributed by atoms with Crippen LogP contribution >= 0.6 is 0 Å². The average molecular weight is 231 g/mol. The lowest BCUT2D eigenvalue weighted by Crippen LogP contribution is -2.40. The van der Waals surface area contributed by atoms with Crippen LogP contribution in [0.15, 0.2) is 30.3 Å². The number of benzene rings is 1. The van der Waals surface area contributed by atoms with Crippen molar-refractivity contribution in [3.8, 4) is 0 Å². The Kier molecular flexibility index (Phi) is 4.22. The quantitative estimate of drug-likeness (QED) is 0.705. The fraction of sp³-hybridized carbons (Fsp3) is 0.625. The zero-order chi connectivity index (χ0) is 12.1. The summed E-state index contributed by atoms with van der Waals surface area (Å²) in [6.45, 7) is 6.87. The molecule has 0 bridgehead atoms. The minimum Gasteiger partial charge on any atom is -0.316 e. The Labute approximate surface area is 106 Å². The second-order valence-corrected chi connectivity index (χ2v) is 5.33. The van der Waals surface area contributed by atoms with Crippen LogP contribution in [0.5, 0.6) is 0 Å². The number of nitrogens with one attached hydrogen (secondary N) is 1. The van der Waals surface area contributed by atoms with Gasteiger partial charge in [-0.3, -0.25) is 0 Å². The monoisotopic (exact) mass is 231 g/mol. The molecule has 1 aliphatic rings. The average Bonchev–Trinajstić information content (AvgIpc) is 3.21. The normalized spacial score (nSPS) is 18.9. The first-order chi connectivity index (χ1) is 8.33. The van der Waals surface area contributed by atoms with Gasteiger partial charge in [-0.2, -0.15) is 0 Å². The third kappa shape index (κ3) is 2.71. The van der Waals surface area contributed by atoms with Crippen molar-refractivity contribution < 1.29 is 0 Å². The summed E-state index contributed by atoms with van der Waals surface area (Å²) >= 11 is 0. The topological polar surface area (TPSA) is 12.0 Å². The van der Waals surface area contributed by atoms with E-state index in [1.807, 2.05) is 0 Å². The summed E-state index contributed by atoms with van der Waals surface area (Å²) < 4.78 is 0. The van der Waals surface area contributed by atoms with Gasteiger partial charge in [0.15, 0.2) is 0 Å². The van der Waals surface area contributed by atoms with Crippen LogP contribution in [-0.2, 0) is 5.41 Å². The molecular weight excluding hydrogens is 206 g/mol. The molecule has 1 saturated carbocycles. The SMILES string of the molecule is CCCNCC(CC)(c1ccccc1)C1CC1. The van der Waals surface area contributed by atoms with E-state index in [0.717, 1.165) is 19.0 Å². The smallest absolute Gasteiger partial charge is 0.0103 e. The molecule has 0 radical (unpaired) electrons. The van der Waals surface area contributed by atoms with Gasteiger partial charge in [0.2, 0.25) is 0 Å². The first-order valence-electron chi connectivity index (χ1n) is 7.09. The first kappa shape index (κ1) is 12.6. The van der Waals surface area contributed by atoms with Crippen LogP contribution in [0.4, 0.5) is 0 Å².